The van der Waals surface area contributed by atoms with Crippen LogP contribution in [-0.4, -0.2) is 54.3 Å². The molecule has 0 aromatic heterocycles. The summed E-state index contributed by atoms with van der Waals surface area (Å²) in [5, 5.41) is 29.2. The zero-order valence-corrected chi connectivity index (χ0v) is 16.9. The number of hydrogen-bond acceptors (Lipinski definition) is 6. The molecule has 0 spiro atoms. The zero-order chi connectivity index (χ0) is 21.4. The van der Waals surface area contributed by atoms with Gasteiger partial charge in [-0.05, 0) is 36.8 Å². The number of nitrogens with zero attached hydrogens (tertiary/aromatic N) is 2. The predicted octanol–water partition coefficient (Wildman–Crippen LogP) is 1.83. The molecule has 0 radical (unpaired) electrons. The van der Waals surface area contributed by atoms with Gasteiger partial charge < -0.3 is 14.9 Å². The molecule has 29 heavy (non-hydrogen) atoms. The second-order valence-corrected chi connectivity index (χ2v) is 9.17. The van der Waals surface area contributed by atoms with E-state index >= 15 is 0 Å². The van der Waals surface area contributed by atoms with Crippen molar-refractivity contribution in [1.29, 1.82) is 5.26 Å². The number of benzene rings is 2. The molecule has 2 aromatic carbocycles. The molecule has 1 heterocycles. The molecule has 10 heteroatoms. The largest absolute Gasteiger partial charge is 0.486 e. The molecule has 0 saturated carbocycles. The fourth-order valence-electron chi connectivity index (χ4n) is 3.09. The third-order valence-electron chi connectivity index (χ3n) is 4.74. The molecule has 3 rings (SSSR count). The number of sulfonamides is 1. The molecule has 1 saturated heterocycles. The van der Waals surface area contributed by atoms with Gasteiger partial charge in [-0.15, -0.1) is 0 Å². The summed E-state index contributed by atoms with van der Waals surface area (Å²) in [5.41, 5.74) is -1.31. The molecule has 1 fully saturated rings. The van der Waals surface area contributed by atoms with Gasteiger partial charge in [-0.3, -0.25) is 0 Å². The maximum atomic E-state index is 13.8. The van der Waals surface area contributed by atoms with Gasteiger partial charge in [-0.2, -0.15) is 9.57 Å². The monoisotopic (exact) mass is 440 g/mol. The third kappa shape index (κ3) is 4.08. The van der Waals surface area contributed by atoms with Crippen molar-refractivity contribution in [1.82, 2.24) is 4.31 Å². The lowest BCUT2D eigenvalue weighted by atomic mass is 10.0. The number of β-amino-alcohol motifs (C(OH)–C–C–N with tert-alkyl or cyclic N) is 1. The van der Waals surface area contributed by atoms with E-state index in [4.69, 9.17) is 21.6 Å². The lowest BCUT2D eigenvalue weighted by molar-refractivity contribution is -0.0641. The van der Waals surface area contributed by atoms with Crippen LogP contribution in [-0.2, 0) is 10.0 Å². The number of halogens is 2. The van der Waals surface area contributed by atoms with Crippen molar-refractivity contribution < 1.29 is 27.8 Å². The zero-order valence-electron chi connectivity index (χ0n) is 15.3. The lowest BCUT2D eigenvalue weighted by Gasteiger charge is -2.27. The van der Waals surface area contributed by atoms with Crippen LogP contribution in [0.1, 0.15) is 11.1 Å². The van der Waals surface area contributed by atoms with E-state index in [-0.39, 0.29) is 27.8 Å². The molecule has 2 atom stereocenters. The number of aliphatic hydroxyl groups excluding tert-OH is 1. The van der Waals surface area contributed by atoms with Crippen LogP contribution in [0.2, 0.25) is 5.02 Å². The maximum Gasteiger partial charge on any atom is 0.244 e. The molecule has 1 aliphatic rings. The van der Waals surface area contributed by atoms with E-state index in [1.165, 1.54) is 24.3 Å². The van der Waals surface area contributed by atoms with Crippen molar-refractivity contribution in [3.8, 4) is 11.8 Å². The molecule has 0 amide bonds. The Morgan fingerprint density at radius 1 is 1.38 bits per heavy atom. The van der Waals surface area contributed by atoms with E-state index < -0.39 is 40.7 Å². The molecule has 2 aromatic rings. The van der Waals surface area contributed by atoms with E-state index in [0.717, 1.165) is 15.9 Å². The first kappa shape index (κ1) is 21.5. The number of hydrogen-bond donors (Lipinski definition) is 2. The normalized spacial score (nSPS) is 22.4. The Labute approximate surface area is 172 Å². The van der Waals surface area contributed by atoms with Crippen LogP contribution >= 0.6 is 11.6 Å². The summed E-state index contributed by atoms with van der Waals surface area (Å²) in [4.78, 5) is -0.130. The van der Waals surface area contributed by atoms with Gasteiger partial charge in [0.15, 0.2) is 0 Å². The van der Waals surface area contributed by atoms with Gasteiger partial charge >= 0.3 is 0 Å². The molecule has 7 nitrogen and oxygen atoms in total. The van der Waals surface area contributed by atoms with Crippen molar-refractivity contribution in [3.05, 3.63) is 58.4 Å². The summed E-state index contributed by atoms with van der Waals surface area (Å²) >= 11 is 6.09. The van der Waals surface area contributed by atoms with Gasteiger partial charge in [0, 0.05) is 12.6 Å². The number of rotatable bonds is 5. The highest BCUT2D eigenvalue weighted by atomic mass is 35.5. The summed E-state index contributed by atoms with van der Waals surface area (Å²) in [7, 11) is -4.08. The Morgan fingerprint density at radius 2 is 2.10 bits per heavy atom. The summed E-state index contributed by atoms with van der Waals surface area (Å²) in [6, 6.07) is 9.65. The average molecular weight is 441 g/mol. The quantitative estimate of drug-likeness (QED) is 0.733. The topological polar surface area (TPSA) is 111 Å². The fraction of sp³-hybridized carbons (Fsp3) is 0.316. The van der Waals surface area contributed by atoms with Gasteiger partial charge in [0.1, 0.15) is 34.2 Å². The van der Waals surface area contributed by atoms with E-state index in [2.05, 4.69) is 0 Å². The minimum absolute atomic E-state index is 0.00834. The molecule has 0 unspecified atom stereocenters. The van der Waals surface area contributed by atoms with Crippen molar-refractivity contribution in [2.45, 2.75) is 23.5 Å². The number of ether oxygens (including phenoxy) is 1. The van der Waals surface area contributed by atoms with Crippen molar-refractivity contribution in [2.75, 3.05) is 19.7 Å². The third-order valence-corrected chi connectivity index (χ3v) is 7.03. The molecular formula is C19H18ClFN2O5S. The molecule has 0 aliphatic carbocycles. The SMILES string of the molecule is Cc1ccc(S(=O)(=O)N2C[C@H](Oc3ccc(C#N)c(F)c3)[C@](O)(CO)C2)c(Cl)c1. The van der Waals surface area contributed by atoms with Gasteiger partial charge in [0.25, 0.3) is 0 Å². The summed E-state index contributed by atoms with van der Waals surface area (Å²) in [6.45, 7) is 0.276. The van der Waals surface area contributed by atoms with Crippen molar-refractivity contribution >= 4 is 21.6 Å². The Bertz CT molecular complexity index is 1090. The smallest absolute Gasteiger partial charge is 0.244 e. The van der Waals surface area contributed by atoms with Crippen LogP contribution in [0.3, 0.4) is 0 Å². The summed E-state index contributed by atoms with van der Waals surface area (Å²) in [5.74, 6) is -0.822. The van der Waals surface area contributed by atoms with Crippen LogP contribution in [0, 0.1) is 24.1 Å². The highest BCUT2D eigenvalue weighted by molar-refractivity contribution is 7.89. The maximum absolute atomic E-state index is 13.8. The second kappa shape index (κ2) is 7.89. The Kier molecular flexibility index (Phi) is 5.85. The highest BCUT2D eigenvalue weighted by Gasteiger charge is 2.51. The van der Waals surface area contributed by atoms with Crippen LogP contribution in [0.5, 0.6) is 5.75 Å². The van der Waals surface area contributed by atoms with Crippen LogP contribution in [0.4, 0.5) is 4.39 Å². The molecule has 154 valence electrons. The van der Waals surface area contributed by atoms with Crippen LogP contribution in [0.25, 0.3) is 0 Å². The molecule has 1 aliphatic heterocycles. The summed E-state index contributed by atoms with van der Waals surface area (Å²) in [6.07, 6.45) is -1.17. The van der Waals surface area contributed by atoms with Gasteiger partial charge in [-0.1, -0.05) is 17.7 Å². The lowest BCUT2D eigenvalue weighted by Crippen LogP contribution is -2.48. The standard InChI is InChI=1S/C19H18ClFN2O5S/c1-12-2-5-17(15(20)6-12)29(26,27)23-9-18(19(25,10-23)11-24)28-14-4-3-13(8-22)16(21)7-14/h2-7,18,24-25H,9-11H2,1H3/t18-,19+/m0/s1. The predicted molar refractivity (Wildman–Crippen MR) is 103 cm³/mol. The van der Waals surface area contributed by atoms with Crippen molar-refractivity contribution in [2.24, 2.45) is 0 Å². The number of nitriles is 1. The fourth-order valence-corrected chi connectivity index (χ4v) is 5.16. The highest BCUT2D eigenvalue weighted by Crippen LogP contribution is 2.33. The van der Waals surface area contributed by atoms with E-state index in [1.807, 2.05) is 0 Å². The number of aryl methyl sites for hydroxylation is 1. The summed E-state index contributed by atoms with van der Waals surface area (Å²) < 4.78 is 46.4. The minimum Gasteiger partial charge on any atom is -0.486 e. The van der Waals surface area contributed by atoms with Crippen LogP contribution < -0.4 is 4.74 Å². The minimum atomic E-state index is -4.08. The van der Waals surface area contributed by atoms with Gasteiger partial charge in [-0.25, -0.2) is 12.8 Å². The van der Waals surface area contributed by atoms with Crippen LogP contribution in [0.15, 0.2) is 41.3 Å². The first-order chi connectivity index (χ1) is 13.6. The Hall–Kier alpha value is -2.22. The van der Waals surface area contributed by atoms with E-state index in [1.54, 1.807) is 19.1 Å². The average Bonchev–Trinajstić information content (AvgIpc) is 2.99. The second-order valence-electron chi connectivity index (χ2n) is 6.85. The van der Waals surface area contributed by atoms with Gasteiger partial charge in [0.05, 0.1) is 23.7 Å². The Morgan fingerprint density at radius 3 is 2.69 bits per heavy atom. The van der Waals surface area contributed by atoms with Gasteiger partial charge in [0.2, 0.25) is 10.0 Å². The van der Waals surface area contributed by atoms with E-state index in [0.29, 0.717) is 0 Å². The van der Waals surface area contributed by atoms with Crippen molar-refractivity contribution in [3.63, 3.8) is 0 Å². The molecule has 0 bridgehead atoms. The first-order valence-corrected chi connectivity index (χ1v) is 10.4. The molecule has 2 N–H and O–H groups in total. The van der Waals surface area contributed by atoms with E-state index in [9.17, 15) is 23.0 Å². The number of aliphatic hydroxyl groups is 2. The molecular weight excluding hydrogens is 423 g/mol. The Balaban J connectivity index is 1.89. The first-order valence-electron chi connectivity index (χ1n) is 8.56.